The summed E-state index contributed by atoms with van der Waals surface area (Å²) in [6.07, 6.45) is 5.08. The van der Waals surface area contributed by atoms with Gasteiger partial charge in [-0.25, -0.2) is 8.78 Å². The van der Waals surface area contributed by atoms with Crippen LogP contribution in [0.25, 0.3) is 11.4 Å². The van der Waals surface area contributed by atoms with Crippen LogP contribution in [0.3, 0.4) is 0 Å². The summed E-state index contributed by atoms with van der Waals surface area (Å²) in [4.78, 5) is 21.7. The molecule has 0 aromatic carbocycles. The van der Waals surface area contributed by atoms with E-state index in [1.54, 1.807) is 24.5 Å². The second-order valence-corrected chi connectivity index (χ2v) is 5.83. The van der Waals surface area contributed by atoms with E-state index in [2.05, 4.69) is 25.3 Å². The number of amides is 1. The molecular weight excluding hydrogens is 346 g/mol. The Labute approximate surface area is 145 Å². The van der Waals surface area contributed by atoms with Crippen molar-refractivity contribution in [2.45, 2.75) is 18.4 Å². The number of carbonyl (C=O) groups is 1. The zero-order valence-corrected chi connectivity index (χ0v) is 13.3. The van der Waals surface area contributed by atoms with Crippen LogP contribution in [-0.4, -0.2) is 48.6 Å². The zero-order valence-electron chi connectivity index (χ0n) is 13.3. The summed E-state index contributed by atoms with van der Waals surface area (Å²) in [5.74, 6) is -3.43. The largest absolute Gasteiger partial charge is 0.337 e. The first-order valence-corrected chi connectivity index (χ1v) is 7.73. The van der Waals surface area contributed by atoms with E-state index in [4.69, 9.17) is 4.52 Å². The van der Waals surface area contributed by atoms with Crippen LogP contribution >= 0.6 is 0 Å². The number of alkyl halides is 2. The number of rotatable bonds is 3. The Morgan fingerprint density at radius 1 is 1.19 bits per heavy atom. The number of hydrogen-bond donors (Lipinski definition) is 0. The molecule has 132 valence electrons. The molecule has 1 aliphatic heterocycles. The van der Waals surface area contributed by atoms with Crippen LogP contribution in [-0.2, 0) is 0 Å². The number of likely N-dealkylation sites (tertiary alicyclic amines) is 1. The summed E-state index contributed by atoms with van der Waals surface area (Å²) in [6.45, 7) is -0.730. The molecule has 0 aliphatic carbocycles. The molecule has 4 rings (SSSR count). The molecule has 1 atom stereocenters. The van der Waals surface area contributed by atoms with Gasteiger partial charge in [0.15, 0.2) is 0 Å². The summed E-state index contributed by atoms with van der Waals surface area (Å²) in [6, 6.07) is 3.74. The number of halogens is 2. The van der Waals surface area contributed by atoms with Crippen LogP contribution in [0.15, 0.2) is 47.5 Å². The zero-order chi connectivity index (χ0) is 18.1. The maximum atomic E-state index is 14.0. The van der Waals surface area contributed by atoms with Gasteiger partial charge in [0.1, 0.15) is 6.04 Å². The minimum atomic E-state index is -3.05. The Morgan fingerprint density at radius 2 is 2.00 bits per heavy atom. The monoisotopic (exact) mass is 358 g/mol. The second-order valence-electron chi connectivity index (χ2n) is 5.83. The van der Waals surface area contributed by atoms with Crippen molar-refractivity contribution in [3.8, 4) is 11.4 Å². The van der Waals surface area contributed by atoms with Crippen LogP contribution in [0, 0.1) is 0 Å². The lowest BCUT2D eigenvalue weighted by Crippen LogP contribution is -2.33. The fourth-order valence-electron chi connectivity index (χ4n) is 2.82. The maximum Gasteiger partial charge on any atom is 0.267 e. The molecule has 0 unspecified atom stereocenters. The lowest BCUT2D eigenvalue weighted by Gasteiger charge is -2.20. The van der Waals surface area contributed by atoms with E-state index in [1.807, 2.05) is 0 Å². The average molecular weight is 358 g/mol. The van der Waals surface area contributed by atoms with Crippen molar-refractivity contribution in [1.29, 1.82) is 0 Å². The van der Waals surface area contributed by atoms with E-state index in [0.717, 1.165) is 4.90 Å². The molecule has 3 aromatic rings. The minimum absolute atomic E-state index is 0.0376. The van der Waals surface area contributed by atoms with Gasteiger partial charge in [-0.1, -0.05) is 5.16 Å². The molecule has 0 radical (unpaired) electrons. The highest BCUT2D eigenvalue weighted by Crippen LogP contribution is 2.41. The molecule has 0 N–H and O–H groups in total. The fraction of sp³-hybridized carbons (Fsp3) is 0.250. The molecule has 0 spiro atoms. The van der Waals surface area contributed by atoms with E-state index in [1.165, 1.54) is 18.5 Å². The number of nitrogens with zero attached hydrogens (tertiary/aromatic N) is 6. The van der Waals surface area contributed by atoms with Gasteiger partial charge in [0, 0.05) is 24.4 Å². The van der Waals surface area contributed by atoms with Crippen molar-refractivity contribution in [2.24, 2.45) is 0 Å². The van der Waals surface area contributed by atoms with Gasteiger partial charge in [0.2, 0.25) is 11.7 Å². The molecule has 1 fully saturated rings. The fourth-order valence-corrected chi connectivity index (χ4v) is 2.82. The summed E-state index contributed by atoms with van der Waals surface area (Å²) in [7, 11) is 0. The van der Waals surface area contributed by atoms with Crippen molar-refractivity contribution >= 4 is 5.91 Å². The quantitative estimate of drug-likeness (QED) is 0.707. The number of carbonyl (C=O) groups excluding carboxylic acids is 1. The first-order chi connectivity index (χ1) is 12.5. The Morgan fingerprint density at radius 3 is 2.73 bits per heavy atom. The van der Waals surface area contributed by atoms with Crippen molar-refractivity contribution < 1.29 is 18.1 Å². The molecule has 1 saturated heterocycles. The van der Waals surface area contributed by atoms with Gasteiger partial charge in [-0.15, -0.1) is 0 Å². The molecule has 1 aliphatic rings. The van der Waals surface area contributed by atoms with Crippen LogP contribution < -0.4 is 0 Å². The van der Waals surface area contributed by atoms with Gasteiger partial charge in [-0.2, -0.15) is 15.2 Å². The van der Waals surface area contributed by atoms with Gasteiger partial charge >= 0.3 is 0 Å². The van der Waals surface area contributed by atoms with Crippen LogP contribution in [0.2, 0.25) is 0 Å². The van der Waals surface area contributed by atoms with Crippen LogP contribution in [0.1, 0.15) is 28.7 Å². The topological polar surface area (TPSA) is 97.9 Å². The Bertz CT molecular complexity index is 919. The lowest BCUT2D eigenvalue weighted by atomic mass is 10.1. The minimum Gasteiger partial charge on any atom is -0.337 e. The predicted octanol–water partition coefficient (Wildman–Crippen LogP) is 2.14. The second kappa shape index (κ2) is 6.21. The summed E-state index contributed by atoms with van der Waals surface area (Å²) >= 11 is 0. The van der Waals surface area contributed by atoms with E-state index >= 15 is 0 Å². The van der Waals surface area contributed by atoms with Gasteiger partial charge < -0.3 is 9.42 Å². The highest BCUT2D eigenvalue weighted by atomic mass is 19.3. The Balaban J connectivity index is 1.66. The molecule has 8 nitrogen and oxygen atoms in total. The number of aromatic nitrogens is 5. The molecule has 0 bridgehead atoms. The third-order valence-electron chi connectivity index (χ3n) is 4.03. The average Bonchev–Trinajstić information content (AvgIpc) is 3.27. The van der Waals surface area contributed by atoms with E-state index in [-0.39, 0.29) is 17.3 Å². The van der Waals surface area contributed by atoms with E-state index in [9.17, 15) is 13.6 Å². The standard InChI is InChI=1S/C16H12F2N6O2/c17-16(18)7-12(24(9-16)15(25)11-3-6-20-21-8-11)14-22-13(23-26-14)10-1-4-19-5-2-10/h1-6,8,12H,7,9H2/t12-/m0/s1. The molecule has 0 saturated carbocycles. The Hall–Kier alpha value is -3.30. The van der Waals surface area contributed by atoms with E-state index < -0.39 is 30.8 Å². The third-order valence-corrected chi connectivity index (χ3v) is 4.03. The van der Waals surface area contributed by atoms with Gasteiger partial charge in [0.05, 0.1) is 24.5 Å². The Kier molecular flexibility index (Phi) is 3.86. The van der Waals surface area contributed by atoms with Crippen molar-refractivity contribution in [3.63, 3.8) is 0 Å². The predicted molar refractivity (Wildman–Crippen MR) is 82.9 cm³/mol. The highest BCUT2D eigenvalue weighted by Gasteiger charge is 2.50. The highest BCUT2D eigenvalue weighted by molar-refractivity contribution is 5.94. The lowest BCUT2D eigenvalue weighted by molar-refractivity contribution is 0.0117. The summed E-state index contributed by atoms with van der Waals surface area (Å²) in [5.41, 5.74) is 0.799. The number of pyridine rings is 1. The van der Waals surface area contributed by atoms with Gasteiger partial charge in [0.25, 0.3) is 11.8 Å². The molecule has 1 amide bonds. The maximum absolute atomic E-state index is 14.0. The van der Waals surface area contributed by atoms with Gasteiger partial charge in [-0.05, 0) is 18.2 Å². The first kappa shape index (κ1) is 16.2. The molecule has 26 heavy (non-hydrogen) atoms. The number of hydrogen-bond acceptors (Lipinski definition) is 7. The third kappa shape index (κ3) is 3.01. The van der Waals surface area contributed by atoms with Crippen LogP contribution in [0.4, 0.5) is 8.78 Å². The normalized spacial score (nSPS) is 18.8. The van der Waals surface area contributed by atoms with Crippen molar-refractivity contribution in [1.82, 2.24) is 30.2 Å². The molecule has 3 aromatic heterocycles. The van der Waals surface area contributed by atoms with E-state index in [0.29, 0.717) is 5.56 Å². The van der Waals surface area contributed by atoms with Crippen LogP contribution in [0.5, 0.6) is 0 Å². The van der Waals surface area contributed by atoms with Crippen molar-refractivity contribution in [2.75, 3.05) is 6.54 Å². The molecule has 10 heteroatoms. The molecular formula is C16H12F2N6O2. The summed E-state index contributed by atoms with van der Waals surface area (Å²) < 4.78 is 33.2. The molecule has 4 heterocycles. The van der Waals surface area contributed by atoms with Crippen molar-refractivity contribution in [3.05, 3.63) is 54.4 Å². The first-order valence-electron chi connectivity index (χ1n) is 7.73. The SMILES string of the molecule is O=C(c1ccnnc1)N1CC(F)(F)C[C@H]1c1nc(-c2ccncc2)no1. The summed E-state index contributed by atoms with van der Waals surface area (Å²) in [5, 5.41) is 11.0. The van der Waals surface area contributed by atoms with Gasteiger partial charge in [-0.3, -0.25) is 9.78 Å². The smallest absolute Gasteiger partial charge is 0.267 e.